The van der Waals surface area contributed by atoms with Gasteiger partial charge >= 0.3 is 0 Å². The minimum Gasteiger partial charge on any atom is -0.493 e. The van der Waals surface area contributed by atoms with E-state index < -0.39 is 0 Å². The van der Waals surface area contributed by atoms with Crippen molar-refractivity contribution in [1.82, 2.24) is 0 Å². The predicted octanol–water partition coefficient (Wildman–Crippen LogP) is 2.70. The number of ether oxygens (including phenoxy) is 2. The zero-order valence-electron chi connectivity index (χ0n) is 11.0. The molecule has 5 heteroatoms. The number of rotatable bonds is 5. The maximum absolute atomic E-state index is 12.8. The second kappa shape index (κ2) is 6.06. The van der Waals surface area contributed by atoms with E-state index in [0.717, 1.165) is 5.56 Å². The van der Waals surface area contributed by atoms with Gasteiger partial charge in [0.05, 0.1) is 7.11 Å². The van der Waals surface area contributed by atoms with E-state index in [1.165, 1.54) is 19.2 Å². The lowest BCUT2D eigenvalue weighted by molar-refractivity contribution is 0.284. The van der Waals surface area contributed by atoms with Crippen molar-refractivity contribution in [2.24, 2.45) is 5.73 Å². The van der Waals surface area contributed by atoms with Gasteiger partial charge in [0.1, 0.15) is 18.3 Å². The quantitative estimate of drug-likeness (QED) is 0.650. The molecule has 0 atom stereocenters. The van der Waals surface area contributed by atoms with E-state index in [2.05, 4.69) is 0 Å². The Morgan fingerprint density at radius 1 is 1.15 bits per heavy atom. The number of benzene rings is 2. The zero-order valence-corrected chi connectivity index (χ0v) is 11.0. The lowest BCUT2D eigenvalue weighted by Gasteiger charge is -2.12. The first-order chi connectivity index (χ1) is 9.60. The second-order valence-electron chi connectivity index (χ2n) is 4.19. The van der Waals surface area contributed by atoms with Crippen LogP contribution in [0, 0.1) is 11.2 Å². The van der Waals surface area contributed by atoms with Crippen LogP contribution < -0.4 is 15.2 Å². The van der Waals surface area contributed by atoms with Crippen LogP contribution in [0.3, 0.4) is 0 Å². The molecule has 0 aliphatic heterocycles. The first-order valence-corrected chi connectivity index (χ1v) is 6.00. The van der Waals surface area contributed by atoms with Crippen LogP contribution in [0.5, 0.6) is 11.5 Å². The monoisotopic (exact) mass is 274 g/mol. The van der Waals surface area contributed by atoms with Crippen molar-refractivity contribution >= 4 is 5.84 Å². The Morgan fingerprint density at radius 3 is 2.45 bits per heavy atom. The van der Waals surface area contributed by atoms with Crippen LogP contribution in [0.4, 0.5) is 4.39 Å². The van der Waals surface area contributed by atoms with Gasteiger partial charge in [-0.25, -0.2) is 4.39 Å². The molecule has 3 N–H and O–H groups in total. The van der Waals surface area contributed by atoms with Gasteiger partial charge in [-0.15, -0.1) is 0 Å². The Balaban J connectivity index is 2.12. The summed E-state index contributed by atoms with van der Waals surface area (Å²) in [4.78, 5) is 0. The number of amidine groups is 1. The Labute approximate surface area is 116 Å². The molecule has 4 nitrogen and oxygen atoms in total. The van der Waals surface area contributed by atoms with E-state index in [1.54, 1.807) is 30.3 Å². The van der Waals surface area contributed by atoms with Crippen molar-refractivity contribution in [2.45, 2.75) is 6.61 Å². The van der Waals surface area contributed by atoms with Gasteiger partial charge in [-0.1, -0.05) is 12.1 Å². The highest BCUT2D eigenvalue weighted by Gasteiger charge is 2.07. The summed E-state index contributed by atoms with van der Waals surface area (Å²) >= 11 is 0. The molecule has 0 aliphatic carbocycles. The van der Waals surface area contributed by atoms with Gasteiger partial charge in [0.15, 0.2) is 11.5 Å². The molecule has 0 heterocycles. The van der Waals surface area contributed by atoms with Gasteiger partial charge in [0, 0.05) is 5.56 Å². The van der Waals surface area contributed by atoms with Gasteiger partial charge < -0.3 is 15.2 Å². The number of nitrogens with one attached hydrogen (secondary N) is 1. The number of halogens is 1. The summed E-state index contributed by atoms with van der Waals surface area (Å²) in [6.45, 7) is 0.302. The molecule has 0 spiro atoms. The van der Waals surface area contributed by atoms with Crippen LogP contribution in [-0.4, -0.2) is 12.9 Å². The molecule has 0 bridgehead atoms. The summed E-state index contributed by atoms with van der Waals surface area (Å²) in [5.74, 6) is 0.729. The minimum absolute atomic E-state index is 0.0339. The third-order valence-electron chi connectivity index (χ3n) is 2.78. The predicted molar refractivity (Wildman–Crippen MR) is 74.7 cm³/mol. The van der Waals surface area contributed by atoms with Gasteiger partial charge in [-0.3, -0.25) is 5.41 Å². The van der Waals surface area contributed by atoms with E-state index in [4.69, 9.17) is 20.6 Å². The highest BCUT2D eigenvalue weighted by Crippen LogP contribution is 2.28. The van der Waals surface area contributed by atoms with Gasteiger partial charge in [-0.05, 0) is 35.9 Å². The van der Waals surface area contributed by atoms with E-state index in [9.17, 15) is 4.39 Å². The minimum atomic E-state index is -0.280. The summed E-state index contributed by atoms with van der Waals surface area (Å²) in [7, 11) is 1.52. The summed E-state index contributed by atoms with van der Waals surface area (Å²) in [5, 5.41) is 7.38. The zero-order chi connectivity index (χ0) is 14.5. The van der Waals surface area contributed by atoms with Crippen molar-refractivity contribution in [3.05, 3.63) is 59.4 Å². The normalized spacial score (nSPS) is 10.1. The van der Waals surface area contributed by atoms with Crippen LogP contribution in [-0.2, 0) is 6.61 Å². The fourth-order valence-electron chi connectivity index (χ4n) is 1.70. The molecule has 0 unspecified atom stereocenters. The summed E-state index contributed by atoms with van der Waals surface area (Å²) < 4.78 is 23.6. The second-order valence-corrected chi connectivity index (χ2v) is 4.19. The lowest BCUT2D eigenvalue weighted by atomic mass is 10.2. The van der Waals surface area contributed by atoms with E-state index in [1.807, 2.05) is 0 Å². The molecule has 104 valence electrons. The molecule has 2 aromatic carbocycles. The highest BCUT2D eigenvalue weighted by molar-refractivity contribution is 5.95. The number of nitrogens with two attached hydrogens (primary N) is 1. The standard InChI is InChI=1S/C15H15FN2O2/c1-19-14-8-11(15(17)18)4-7-13(14)20-9-10-2-5-12(16)6-3-10/h2-8H,9H2,1H3,(H3,17,18). The Hall–Kier alpha value is -2.56. The average Bonchev–Trinajstić information content (AvgIpc) is 2.46. The van der Waals surface area contributed by atoms with E-state index in [-0.39, 0.29) is 11.7 Å². The molecule has 0 saturated carbocycles. The smallest absolute Gasteiger partial charge is 0.161 e. The Kier molecular flexibility index (Phi) is 4.20. The molecule has 20 heavy (non-hydrogen) atoms. The third-order valence-corrected chi connectivity index (χ3v) is 2.78. The van der Waals surface area contributed by atoms with Crippen LogP contribution in [0.15, 0.2) is 42.5 Å². The van der Waals surface area contributed by atoms with Crippen molar-refractivity contribution in [2.75, 3.05) is 7.11 Å². The number of hydrogen-bond acceptors (Lipinski definition) is 3. The summed E-state index contributed by atoms with van der Waals surface area (Å²) in [6.07, 6.45) is 0. The molecular weight excluding hydrogens is 259 g/mol. The van der Waals surface area contributed by atoms with Gasteiger partial charge in [0.2, 0.25) is 0 Å². The SMILES string of the molecule is COc1cc(C(=N)N)ccc1OCc1ccc(F)cc1. The molecule has 0 aromatic heterocycles. The largest absolute Gasteiger partial charge is 0.493 e. The summed E-state index contributed by atoms with van der Waals surface area (Å²) in [5.41, 5.74) is 6.83. The first-order valence-electron chi connectivity index (χ1n) is 6.00. The Morgan fingerprint density at radius 2 is 1.85 bits per heavy atom. The molecular formula is C15H15FN2O2. The molecule has 0 fully saturated rings. The highest BCUT2D eigenvalue weighted by atomic mass is 19.1. The average molecular weight is 274 g/mol. The van der Waals surface area contributed by atoms with Crippen molar-refractivity contribution < 1.29 is 13.9 Å². The van der Waals surface area contributed by atoms with Crippen molar-refractivity contribution in [3.63, 3.8) is 0 Å². The maximum atomic E-state index is 12.8. The molecule has 2 aromatic rings. The lowest BCUT2D eigenvalue weighted by Crippen LogP contribution is -2.11. The molecule has 0 radical (unpaired) electrons. The van der Waals surface area contributed by atoms with Crippen LogP contribution >= 0.6 is 0 Å². The van der Waals surface area contributed by atoms with Crippen LogP contribution in [0.25, 0.3) is 0 Å². The first kappa shape index (κ1) is 13.9. The van der Waals surface area contributed by atoms with Crippen LogP contribution in [0.2, 0.25) is 0 Å². The topological polar surface area (TPSA) is 68.3 Å². The molecule has 2 rings (SSSR count). The molecule has 0 aliphatic rings. The van der Waals surface area contributed by atoms with Crippen molar-refractivity contribution in [3.8, 4) is 11.5 Å². The third kappa shape index (κ3) is 3.26. The fourth-order valence-corrected chi connectivity index (χ4v) is 1.70. The van der Waals surface area contributed by atoms with Crippen molar-refractivity contribution in [1.29, 1.82) is 5.41 Å². The maximum Gasteiger partial charge on any atom is 0.161 e. The van der Waals surface area contributed by atoms with E-state index in [0.29, 0.717) is 23.7 Å². The van der Waals surface area contributed by atoms with Crippen LogP contribution in [0.1, 0.15) is 11.1 Å². The number of methoxy groups -OCH3 is 1. The molecule has 0 amide bonds. The fraction of sp³-hybridized carbons (Fsp3) is 0.133. The number of nitrogen functional groups attached to an aromatic ring is 1. The molecule has 0 saturated heterocycles. The Bertz CT molecular complexity index is 612. The number of hydrogen-bond donors (Lipinski definition) is 2. The van der Waals surface area contributed by atoms with E-state index >= 15 is 0 Å². The van der Waals surface area contributed by atoms with Gasteiger partial charge in [0.25, 0.3) is 0 Å². The van der Waals surface area contributed by atoms with Gasteiger partial charge in [-0.2, -0.15) is 0 Å². The summed E-state index contributed by atoms with van der Waals surface area (Å²) in [6, 6.07) is 11.1.